The standard InChI is InChI=1S/C22H22N2O5/c1-5-14-7-9-19-17(10-14)24-21(29-19)15-8-6-13(2)16(11-15)23-18(22(26)28-4)12-20(25)27-3/h6-12,23H,5H2,1-4H3/b18-12+. The fourth-order valence-electron chi connectivity index (χ4n) is 2.78. The Bertz CT molecular complexity index is 1100. The van der Waals surface area contributed by atoms with Gasteiger partial charge in [-0.2, -0.15) is 0 Å². The van der Waals surface area contributed by atoms with Crippen LogP contribution in [0.25, 0.3) is 22.6 Å². The van der Waals surface area contributed by atoms with Crippen LogP contribution < -0.4 is 5.32 Å². The van der Waals surface area contributed by atoms with Crippen molar-refractivity contribution in [3.63, 3.8) is 0 Å². The average Bonchev–Trinajstić information content (AvgIpc) is 3.17. The summed E-state index contributed by atoms with van der Waals surface area (Å²) in [5.41, 5.74) is 4.83. The molecule has 0 unspecified atom stereocenters. The number of fused-ring (bicyclic) bond motifs is 1. The summed E-state index contributed by atoms with van der Waals surface area (Å²) in [5.74, 6) is -0.889. The monoisotopic (exact) mass is 394 g/mol. The summed E-state index contributed by atoms with van der Waals surface area (Å²) in [6.45, 7) is 3.96. The number of benzene rings is 2. The van der Waals surface area contributed by atoms with Crippen LogP contribution in [0.5, 0.6) is 0 Å². The van der Waals surface area contributed by atoms with Crippen molar-refractivity contribution in [1.82, 2.24) is 4.98 Å². The molecule has 1 N–H and O–H groups in total. The van der Waals surface area contributed by atoms with Crippen molar-refractivity contribution < 1.29 is 23.5 Å². The van der Waals surface area contributed by atoms with Gasteiger partial charge in [-0.25, -0.2) is 14.6 Å². The number of methoxy groups -OCH3 is 2. The summed E-state index contributed by atoms with van der Waals surface area (Å²) >= 11 is 0. The number of hydrogen-bond donors (Lipinski definition) is 1. The van der Waals surface area contributed by atoms with Crippen molar-refractivity contribution in [3.05, 3.63) is 59.3 Å². The van der Waals surface area contributed by atoms with E-state index in [1.807, 2.05) is 37.3 Å². The number of ether oxygens (including phenoxy) is 2. The van der Waals surface area contributed by atoms with E-state index < -0.39 is 11.9 Å². The van der Waals surface area contributed by atoms with Gasteiger partial charge in [-0.15, -0.1) is 0 Å². The highest BCUT2D eigenvalue weighted by molar-refractivity contribution is 5.99. The quantitative estimate of drug-likeness (QED) is 0.499. The second-order valence-electron chi connectivity index (χ2n) is 6.40. The molecule has 0 spiro atoms. The largest absolute Gasteiger partial charge is 0.466 e. The number of nitrogens with zero attached hydrogens (tertiary/aromatic N) is 1. The van der Waals surface area contributed by atoms with E-state index in [1.165, 1.54) is 19.8 Å². The molecule has 7 nitrogen and oxygen atoms in total. The second kappa shape index (κ2) is 8.60. The summed E-state index contributed by atoms with van der Waals surface area (Å²) in [4.78, 5) is 28.2. The molecular formula is C22H22N2O5. The fourth-order valence-corrected chi connectivity index (χ4v) is 2.78. The van der Waals surface area contributed by atoms with Gasteiger partial charge in [0.15, 0.2) is 5.58 Å². The van der Waals surface area contributed by atoms with Crippen molar-refractivity contribution in [1.29, 1.82) is 0 Å². The van der Waals surface area contributed by atoms with Crippen LogP contribution in [0.1, 0.15) is 18.1 Å². The maximum absolute atomic E-state index is 12.0. The van der Waals surface area contributed by atoms with Gasteiger partial charge in [0, 0.05) is 11.3 Å². The van der Waals surface area contributed by atoms with Gasteiger partial charge in [0.1, 0.15) is 11.2 Å². The predicted octanol–water partition coefficient (Wildman–Crippen LogP) is 4.01. The molecule has 0 aliphatic carbocycles. The molecule has 150 valence electrons. The van der Waals surface area contributed by atoms with Gasteiger partial charge in [-0.3, -0.25) is 0 Å². The molecule has 3 aromatic rings. The Morgan fingerprint density at radius 1 is 1.14 bits per heavy atom. The number of esters is 2. The average molecular weight is 394 g/mol. The number of aryl methyl sites for hydroxylation is 2. The molecule has 0 amide bonds. The number of nitrogens with one attached hydrogen (secondary N) is 1. The summed E-state index contributed by atoms with van der Waals surface area (Å²) in [6.07, 6.45) is 1.96. The highest BCUT2D eigenvalue weighted by atomic mass is 16.5. The Morgan fingerprint density at radius 3 is 2.62 bits per heavy atom. The maximum Gasteiger partial charge on any atom is 0.354 e. The van der Waals surface area contributed by atoms with Gasteiger partial charge in [0.2, 0.25) is 5.89 Å². The maximum atomic E-state index is 12.0. The van der Waals surface area contributed by atoms with Crippen LogP contribution in [0, 0.1) is 6.92 Å². The molecule has 0 aliphatic heterocycles. The zero-order valence-electron chi connectivity index (χ0n) is 16.7. The number of hydrogen-bond acceptors (Lipinski definition) is 7. The van der Waals surface area contributed by atoms with Crippen LogP contribution in [-0.2, 0) is 25.5 Å². The molecular weight excluding hydrogens is 372 g/mol. The summed E-state index contributed by atoms with van der Waals surface area (Å²) in [6, 6.07) is 11.5. The predicted molar refractivity (Wildman–Crippen MR) is 109 cm³/mol. The number of carbonyl (C=O) groups excluding carboxylic acids is 2. The van der Waals surface area contributed by atoms with Gasteiger partial charge in [-0.05, 0) is 48.7 Å². The minimum atomic E-state index is -0.686. The summed E-state index contributed by atoms with van der Waals surface area (Å²) in [7, 11) is 2.47. The smallest absolute Gasteiger partial charge is 0.354 e. The lowest BCUT2D eigenvalue weighted by molar-refractivity contribution is -0.138. The molecule has 0 saturated carbocycles. The first-order valence-corrected chi connectivity index (χ1v) is 9.10. The van der Waals surface area contributed by atoms with Gasteiger partial charge in [-0.1, -0.05) is 19.1 Å². The van der Waals surface area contributed by atoms with E-state index in [2.05, 4.69) is 22.0 Å². The van der Waals surface area contributed by atoms with Crippen LogP contribution >= 0.6 is 0 Å². The number of oxazole rings is 1. The van der Waals surface area contributed by atoms with E-state index in [-0.39, 0.29) is 5.70 Å². The van der Waals surface area contributed by atoms with Crippen molar-refractivity contribution >= 4 is 28.7 Å². The highest BCUT2D eigenvalue weighted by Gasteiger charge is 2.16. The van der Waals surface area contributed by atoms with Gasteiger partial charge in [0.25, 0.3) is 0 Å². The molecule has 29 heavy (non-hydrogen) atoms. The molecule has 2 aromatic carbocycles. The Balaban J connectivity index is 1.98. The van der Waals surface area contributed by atoms with E-state index in [0.29, 0.717) is 17.2 Å². The van der Waals surface area contributed by atoms with Crippen molar-refractivity contribution in [2.24, 2.45) is 0 Å². The summed E-state index contributed by atoms with van der Waals surface area (Å²) < 4.78 is 15.2. The van der Waals surface area contributed by atoms with Crippen LogP contribution in [0.4, 0.5) is 5.69 Å². The molecule has 1 heterocycles. The van der Waals surface area contributed by atoms with Crippen molar-refractivity contribution in [2.75, 3.05) is 19.5 Å². The molecule has 3 rings (SSSR count). The van der Waals surface area contributed by atoms with E-state index >= 15 is 0 Å². The Labute approximate surface area is 168 Å². The van der Waals surface area contributed by atoms with Crippen LogP contribution in [0.3, 0.4) is 0 Å². The first-order chi connectivity index (χ1) is 13.9. The lowest BCUT2D eigenvalue weighted by atomic mass is 10.1. The van der Waals surface area contributed by atoms with E-state index in [9.17, 15) is 9.59 Å². The molecule has 0 atom stereocenters. The molecule has 0 fully saturated rings. The third kappa shape index (κ3) is 4.45. The normalized spacial score (nSPS) is 11.4. The number of rotatable bonds is 6. The zero-order chi connectivity index (χ0) is 21.0. The third-order valence-electron chi connectivity index (χ3n) is 4.48. The molecule has 0 aliphatic rings. The second-order valence-corrected chi connectivity index (χ2v) is 6.40. The van der Waals surface area contributed by atoms with Crippen LogP contribution in [-0.4, -0.2) is 31.1 Å². The van der Waals surface area contributed by atoms with Gasteiger partial charge in [0.05, 0.1) is 20.3 Å². The minimum Gasteiger partial charge on any atom is -0.466 e. The fraction of sp³-hybridized carbons (Fsp3) is 0.227. The Hall–Kier alpha value is -3.61. The molecule has 0 bridgehead atoms. The van der Waals surface area contributed by atoms with Crippen LogP contribution in [0.2, 0.25) is 0 Å². The van der Waals surface area contributed by atoms with E-state index in [0.717, 1.165) is 29.1 Å². The molecule has 1 aromatic heterocycles. The Morgan fingerprint density at radius 2 is 1.93 bits per heavy atom. The molecule has 7 heteroatoms. The first-order valence-electron chi connectivity index (χ1n) is 9.10. The number of anilines is 1. The van der Waals surface area contributed by atoms with Crippen molar-refractivity contribution in [3.8, 4) is 11.5 Å². The third-order valence-corrected chi connectivity index (χ3v) is 4.48. The highest BCUT2D eigenvalue weighted by Crippen LogP contribution is 2.29. The lowest BCUT2D eigenvalue weighted by Gasteiger charge is -2.12. The minimum absolute atomic E-state index is 0.0373. The molecule has 0 saturated heterocycles. The zero-order valence-corrected chi connectivity index (χ0v) is 16.7. The Kier molecular flexibility index (Phi) is 5.97. The SMILES string of the molecule is CCc1ccc2oc(-c3ccc(C)c(N/C(=C/C(=O)OC)C(=O)OC)c3)nc2c1. The first kappa shape index (κ1) is 20.1. The topological polar surface area (TPSA) is 90.7 Å². The lowest BCUT2D eigenvalue weighted by Crippen LogP contribution is -2.16. The summed E-state index contributed by atoms with van der Waals surface area (Å²) in [5, 5.41) is 2.94. The van der Waals surface area contributed by atoms with E-state index in [1.54, 1.807) is 6.07 Å². The van der Waals surface area contributed by atoms with Gasteiger partial charge >= 0.3 is 11.9 Å². The number of carbonyl (C=O) groups is 2. The van der Waals surface area contributed by atoms with Gasteiger partial charge < -0.3 is 19.2 Å². The van der Waals surface area contributed by atoms with Crippen molar-refractivity contribution in [2.45, 2.75) is 20.3 Å². The molecule has 0 radical (unpaired) electrons. The van der Waals surface area contributed by atoms with E-state index in [4.69, 9.17) is 9.15 Å². The van der Waals surface area contributed by atoms with Crippen LogP contribution in [0.15, 0.2) is 52.6 Å². The number of aromatic nitrogens is 1.